The van der Waals surface area contributed by atoms with Crippen LogP contribution in [0.2, 0.25) is 0 Å². The van der Waals surface area contributed by atoms with E-state index >= 15 is 0 Å². The van der Waals surface area contributed by atoms with E-state index in [2.05, 4.69) is 36.7 Å². The molecule has 0 aliphatic heterocycles. The number of nitrogens with two attached hydrogens (primary N) is 1. The van der Waals surface area contributed by atoms with E-state index in [0.717, 1.165) is 16.1 Å². The summed E-state index contributed by atoms with van der Waals surface area (Å²) in [6.45, 7) is 2.31. The van der Waals surface area contributed by atoms with Gasteiger partial charge in [-0.25, -0.2) is 0 Å². The zero-order valence-electron chi connectivity index (χ0n) is 11.7. The van der Waals surface area contributed by atoms with Crippen molar-refractivity contribution in [2.24, 2.45) is 5.73 Å². The van der Waals surface area contributed by atoms with Crippen LogP contribution in [-0.2, 0) is 0 Å². The van der Waals surface area contributed by atoms with E-state index in [1.54, 1.807) is 11.8 Å². The molecule has 1 aromatic carbocycles. The lowest BCUT2D eigenvalue weighted by molar-refractivity contribution is 0.349. The summed E-state index contributed by atoms with van der Waals surface area (Å²) in [5.41, 5.74) is 8.18. The molecule has 104 valence electrons. The van der Waals surface area contributed by atoms with Crippen molar-refractivity contribution in [2.75, 3.05) is 11.6 Å². The minimum Gasteiger partial charge on any atom is -0.389 e. The third-order valence-corrected chi connectivity index (χ3v) is 4.87. The van der Waals surface area contributed by atoms with Crippen LogP contribution in [-0.4, -0.2) is 16.8 Å². The molecule has 19 heavy (non-hydrogen) atoms. The molecule has 1 aliphatic carbocycles. The number of nitrogens with one attached hydrogen (secondary N) is 1. The lowest BCUT2D eigenvalue weighted by Crippen LogP contribution is -2.37. The maximum absolute atomic E-state index is 5.92. The van der Waals surface area contributed by atoms with Crippen LogP contribution in [0.4, 0.5) is 5.69 Å². The molecule has 0 heterocycles. The van der Waals surface area contributed by atoms with E-state index in [-0.39, 0.29) is 5.54 Å². The van der Waals surface area contributed by atoms with Crippen LogP contribution in [0, 0.1) is 0 Å². The molecule has 0 amide bonds. The lowest BCUT2D eigenvalue weighted by atomic mass is 9.83. The molecule has 1 saturated carbocycles. The first-order valence-electron chi connectivity index (χ1n) is 6.81. The molecule has 1 fully saturated rings. The van der Waals surface area contributed by atoms with Crippen molar-refractivity contribution >= 4 is 34.7 Å². The Bertz CT molecular complexity index is 465. The lowest BCUT2D eigenvalue weighted by Gasteiger charge is -2.36. The Kier molecular flexibility index (Phi) is 4.74. The first kappa shape index (κ1) is 14.7. The maximum Gasteiger partial charge on any atom is 0.107 e. The Morgan fingerprint density at radius 1 is 1.32 bits per heavy atom. The number of rotatable bonds is 4. The topological polar surface area (TPSA) is 38.0 Å². The third-order valence-electron chi connectivity index (χ3n) is 3.89. The van der Waals surface area contributed by atoms with Crippen LogP contribution in [0.15, 0.2) is 23.1 Å². The number of hydrogen-bond donors (Lipinski definition) is 2. The van der Waals surface area contributed by atoms with Crippen LogP contribution in [0.5, 0.6) is 0 Å². The fourth-order valence-electron chi connectivity index (χ4n) is 2.84. The van der Waals surface area contributed by atoms with E-state index in [9.17, 15) is 0 Å². The second-order valence-electron chi connectivity index (χ2n) is 5.49. The Balaban J connectivity index is 2.31. The molecule has 0 aromatic heterocycles. The molecule has 3 N–H and O–H groups in total. The quantitative estimate of drug-likeness (QED) is 0.645. The summed E-state index contributed by atoms with van der Waals surface area (Å²) in [6, 6.07) is 6.24. The average Bonchev–Trinajstić information content (AvgIpc) is 2.38. The normalized spacial score (nSPS) is 18.0. The van der Waals surface area contributed by atoms with Crippen molar-refractivity contribution in [3.63, 3.8) is 0 Å². The predicted octanol–water partition coefficient (Wildman–Crippen LogP) is 4.18. The second-order valence-corrected chi connectivity index (χ2v) is 6.78. The van der Waals surface area contributed by atoms with Crippen molar-refractivity contribution < 1.29 is 0 Å². The van der Waals surface area contributed by atoms with E-state index in [1.807, 2.05) is 0 Å². The van der Waals surface area contributed by atoms with Gasteiger partial charge in [0.05, 0.1) is 0 Å². The van der Waals surface area contributed by atoms with Crippen LogP contribution < -0.4 is 11.1 Å². The van der Waals surface area contributed by atoms with E-state index in [4.69, 9.17) is 18.0 Å². The van der Waals surface area contributed by atoms with Gasteiger partial charge in [-0.3, -0.25) is 0 Å². The van der Waals surface area contributed by atoms with Crippen LogP contribution >= 0.6 is 24.0 Å². The van der Waals surface area contributed by atoms with Crippen molar-refractivity contribution in [2.45, 2.75) is 49.5 Å². The van der Waals surface area contributed by atoms with Gasteiger partial charge in [-0.1, -0.05) is 37.5 Å². The van der Waals surface area contributed by atoms with Gasteiger partial charge in [-0.2, -0.15) is 0 Å². The largest absolute Gasteiger partial charge is 0.389 e. The van der Waals surface area contributed by atoms with Gasteiger partial charge in [0, 0.05) is 21.7 Å². The number of thioether (sulfide) groups is 1. The first-order valence-corrected chi connectivity index (χ1v) is 8.44. The Hall–Kier alpha value is -0.740. The van der Waals surface area contributed by atoms with Crippen LogP contribution in [0.25, 0.3) is 0 Å². The van der Waals surface area contributed by atoms with Gasteiger partial charge in [0.15, 0.2) is 0 Å². The molecule has 2 rings (SSSR count). The van der Waals surface area contributed by atoms with E-state index in [1.165, 1.54) is 32.1 Å². The summed E-state index contributed by atoms with van der Waals surface area (Å²) in [5.74, 6) is 0. The molecule has 0 saturated heterocycles. The number of benzene rings is 1. The minimum absolute atomic E-state index is 0.175. The molecule has 0 radical (unpaired) electrons. The molecule has 1 aliphatic rings. The van der Waals surface area contributed by atoms with Crippen molar-refractivity contribution in [1.82, 2.24) is 0 Å². The maximum atomic E-state index is 5.92. The zero-order valence-corrected chi connectivity index (χ0v) is 13.3. The minimum atomic E-state index is 0.175. The van der Waals surface area contributed by atoms with Gasteiger partial charge in [-0.05, 0) is 38.2 Å². The number of hydrogen-bond acceptors (Lipinski definition) is 3. The van der Waals surface area contributed by atoms with E-state index in [0.29, 0.717) is 4.99 Å². The fourth-order valence-corrected chi connectivity index (χ4v) is 3.76. The van der Waals surface area contributed by atoms with Crippen molar-refractivity contribution in [3.8, 4) is 0 Å². The molecule has 0 bridgehead atoms. The molecule has 0 atom stereocenters. The summed E-state index contributed by atoms with van der Waals surface area (Å²) < 4.78 is 0. The molecule has 4 heteroatoms. The van der Waals surface area contributed by atoms with Gasteiger partial charge < -0.3 is 11.1 Å². The Labute approximate surface area is 125 Å². The van der Waals surface area contributed by atoms with Gasteiger partial charge in [0.1, 0.15) is 4.99 Å². The highest BCUT2D eigenvalue weighted by atomic mass is 32.2. The predicted molar refractivity (Wildman–Crippen MR) is 89.2 cm³/mol. The fraction of sp³-hybridized carbons (Fsp3) is 0.533. The molecule has 2 nitrogen and oxygen atoms in total. The van der Waals surface area contributed by atoms with Gasteiger partial charge >= 0.3 is 0 Å². The molecule has 1 aromatic rings. The summed E-state index contributed by atoms with van der Waals surface area (Å²) in [5, 5.41) is 3.70. The number of thiocarbonyl (C=S) groups is 1. The van der Waals surface area contributed by atoms with Gasteiger partial charge in [0.2, 0.25) is 0 Å². The summed E-state index contributed by atoms with van der Waals surface area (Å²) in [4.78, 5) is 1.63. The monoisotopic (exact) mass is 294 g/mol. The van der Waals surface area contributed by atoms with Gasteiger partial charge in [0.25, 0.3) is 0 Å². The highest BCUT2D eigenvalue weighted by molar-refractivity contribution is 7.98. The Morgan fingerprint density at radius 3 is 2.58 bits per heavy atom. The highest BCUT2D eigenvalue weighted by Crippen LogP contribution is 2.34. The molecular formula is C15H22N2S2. The Morgan fingerprint density at radius 2 is 2.00 bits per heavy atom. The van der Waals surface area contributed by atoms with Crippen molar-refractivity contribution in [3.05, 3.63) is 23.8 Å². The standard InChI is InChI=1S/C15H22N2S2/c1-15(9-4-3-5-10-15)17-11-7-6-8-12(19-2)13(11)14(16)18/h6-8,17H,3-5,9-10H2,1-2H3,(H2,16,18). The summed E-state index contributed by atoms with van der Waals surface area (Å²) >= 11 is 6.92. The van der Waals surface area contributed by atoms with Crippen LogP contribution in [0.1, 0.15) is 44.6 Å². The summed E-state index contributed by atoms with van der Waals surface area (Å²) in [6.07, 6.45) is 8.44. The molecular weight excluding hydrogens is 272 g/mol. The van der Waals surface area contributed by atoms with Crippen LogP contribution in [0.3, 0.4) is 0 Å². The molecule has 0 unspecified atom stereocenters. The smallest absolute Gasteiger partial charge is 0.107 e. The highest BCUT2D eigenvalue weighted by Gasteiger charge is 2.27. The number of anilines is 1. The average molecular weight is 294 g/mol. The first-order chi connectivity index (χ1) is 9.06. The third kappa shape index (κ3) is 3.42. The molecule has 0 spiro atoms. The summed E-state index contributed by atoms with van der Waals surface area (Å²) in [7, 11) is 0. The SMILES string of the molecule is CSc1cccc(NC2(C)CCCCC2)c1C(N)=S. The van der Waals surface area contributed by atoms with E-state index < -0.39 is 0 Å². The second kappa shape index (κ2) is 6.14. The zero-order chi connectivity index (χ0) is 13.9. The van der Waals surface area contributed by atoms with Gasteiger partial charge in [-0.15, -0.1) is 11.8 Å². The van der Waals surface area contributed by atoms with Crippen molar-refractivity contribution in [1.29, 1.82) is 0 Å².